The average molecular weight is 296 g/mol. The van der Waals surface area contributed by atoms with Crippen LogP contribution in [0.5, 0.6) is 0 Å². The fourth-order valence-electron chi connectivity index (χ4n) is 1.70. The molecule has 1 heterocycles. The highest BCUT2D eigenvalue weighted by atomic mass is 35.5. The third-order valence-corrected chi connectivity index (χ3v) is 2.62. The first-order valence-corrected chi connectivity index (χ1v) is 6.21. The zero-order chi connectivity index (χ0) is 13.7. The minimum atomic E-state index is -0.0359. The van der Waals surface area contributed by atoms with E-state index >= 15 is 0 Å². The van der Waals surface area contributed by atoms with E-state index in [1.165, 1.54) is 0 Å². The van der Waals surface area contributed by atoms with Crippen LogP contribution in [0.4, 0.5) is 5.69 Å². The summed E-state index contributed by atoms with van der Waals surface area (Å²) in [6, 6.07) is 7.42. The number of nitrogens with two attached hydrogens (primary N) is 1. The number of aryl methyl sites for hydroxylation is 1. The van der Waals surface area contributed by atoms with Gasteiger partial charge in [-0.3, -0.25) is 4.79 Å². The maximum Gasteiger partial charge on any atom is 0.226 e. The summed E-state index contributed by atoms with van der Waals surface area (Å²) in [4.78, 5) is 15.9. The van der Waals surface area contributed by atoms with Gasteiger partial charge in [0.15, 0.2) is 0 Å². The standard InChI is InChI=1S/C14H17N3O2.ClH/c1-10-9-19-14(16-10)11-4-2-5-12(8-11)17-13(18)6-3-7-15;/h2,4-5,8-9H,3,6-7,15H2,1H3,(H,17,18);1H. The molecule has 1 amide bonds. The molecule has 0 aliphatic heterocycles. The second-order valence-corrected chi connectivity index (χ2v) is 4.32. The van der Waals surface area contributed by atoms with E-state index in [1.807, 2.05) is 31.2 Å². The summed E-state index contributed by atoms with van der Waals surface area (Å²) in [5.74, 6) is 0.516. The van der Waals surface area contributed by atoms with Gasteiger partial charge in [-0.25, -0.2) is 4.98 Å². The number of oxazole rings is 1. The maximum absolute atomic E-state index is 11.6. The van der Waals surface area contributed by atoms with Crippen LogP contribution in [-0.4, -0.2) is 17.4 Å². The molecule has 0 unspecified atom stereocenters. The van der Waals surface area contributed by atoms with Crippen molar-refractivity contribution in [3.63, 3.8) is 0 Å². The fraction of sp³-hybridized carbons (Fsp3) is 0.286. The summed E-state index contributed by atoms with van der Waals surface area (Å²) in [5.41, 5.74) is 7.77. The van der Waals surface area contributed by atoms with Crippen molar-refractivity contribution in [1.82, 2.24) is 4.98 Å². The molecule has 2 rings (SSSR count). The molecule has 0 aliphatic carbocycles. The van der Waals surface area contributed by atoms with Crippen molar-refractivity contribution in [2.24, 2.45) is 5.73 Å². The first-order valence-electron chi connectivity index (χ1n) is 6.21. The number of hydrogen-bond acceptors (Lipinski definition) is 4. The number of halogens is 1. The molecule has 0 saturated heterocycles. The molecule has 0 spiro atoms. The van der Waals surface area contributed by atoms with Crippen LogP contribution in [0.25, 0.3) is 11.5 Å². The van der Waals surface area contributed by atoms with E-state index in [9.17, 15) is 4.79 Å². The molecule has 0 aliphatic rings. The number of carbonyl (C=O) groups excluding carboxylic acids is 1. The fourth-order valence-corrected chi connectivity index (χ4v) is 1.70. The van der Waals surface area contributed by atoms with Gasteiger partial charge in [-0.2, -0.15) is 0 Å². The molecule has 5 nitrogen and oxygen atoms in total. The SMILES string of the molecule is Cc1coc(-c2cccc(NC(=O)CCCN)c2)n1.Cl. The van der Waals surface area contributed by atoms with Gasteiger partial charge < -0.3 is 15.5 Å². The lowest BCUT2D eigenvalue weighted by Gasteiger charge is -2.05. The van der Waals surface area contributed by atoms with Crippen molar-refractivity contribution in [2.45, 2.75) is 19.8 Å². The van der Waals surface area contributed by atoms with Crippen molar-refractivity contribution >= 4 is 24.0 Å². The van der Waals surface area contributed by atoms with Crippen molar-refractivity contribution in [2.75, 3.05) is 11.9 Å². The summed E-state index contributed by atoms with van der Waals surface area (Å²) in [5, 5.41) is 2.83. The van der Waals surface area contributed by atoms with Gasteiger partial charge in [0, 0.05) is 17.7 Å². The summed E-state index contributed by atoms with van der Waals surface area (Å²) in [6.07, 6.45) is 2.71. The molecule has 20 heavy (non-hydrogen) atoms. The van der Waals surface area contributed by atoms with Crippen LogP contribution in [-0.2, 0) is 4.79 Å². The van der Waals surface area contributed by atoms with E-state index in [0.717, 1.165) is 16.9 Å². The van der Waals surface area contributed by atoms with Crippen molar-refractivity contribution < 1.29 is 9.21 Å². The normalized spacial score (nSPS) is 9.90. The molecular weight excluding hydrogens is 278 g/mol. The van der Waals surface area contributed by atoms with E-state index < -0.39 is 0 Å². The van der Waals surface area contributed by atoms with Crippen LogP contribution in [0, 0.1) is 6.92 Å². The molecule has 1 aromatic carbocycles. The van der Waals surface area contributed by atoms with Crippen molar-refractivity contribution in [3.05, 3.63) is 36.2 Å². The first kappa shape index (κ1) is 16.2. The lowest BCUT2D eigenvalue weighted by atomic mass is 10.2. The van der Waals surface area contributed by atoms with Crippen LogP contribution < -0.4 is 11.1 Å². The van der Waals surface area contributed by atoms with Gasteiger partial charge in [0.05, 0.1) is 5.69 Å². The molecule has 6 heteroatoms. The number of benzene rings is 1. The third kappa shape index (κ3) is 4.36. The van der Waals surface area contributed by atoms with Gasteiger partial charge >= 0.3 is 0 Å². The molecule has 2 aromatic rings. The van der Waals surface area contributed by atoms with Crippen LogP contribution in [0.2, 0.25) is 0 Å². The smallest absolute Gasteiger partial charge is 0.226 e. The molecule has 0 saturated carbocycles. The summed E-state index contributed by atoms with van der Waals surface area (Å²) in [6.45, 7) is 2.38. The first-order chi connectivity index (χ1) is 9.19. The Morgan fingerprint density at radius 1 is 1.45 bits per heavy atom. The summed E-state index contributed by atoms with van der Waals surface area (Å²) in [7, 11) is 0. The Balaban J connectivity index is 0.00000200. The Labute approximate surface area is 124 Å². The lowest BCUT2D eigenvalue weighted by molar-refractivity contribution is -0.116. The van der Waals surface area contributed by atoms with Crippen molar-refractivity contribution in [1.29, 1.82) is 0 Å². The number of carbonyl (C=O) groups is 1. The van der Waals surface area contributed by atoms with E-state index in [0.29, 0.717) is 25.3 Å². The summed E-state index contributed by atoms with van der Waals surface area (Å²) < 4.78 is 5.33. The van der Waals surface area contributed by atoms with Gasteiger partial charge in [-0.05, 0) is 38.1 Å². The third-order valence-electron chi connectivity index (χ3n) is 2.62. The van der Waals surface area contributed by atoms with Gasteiger partial charge in [0.25, 0.3) is 0 Å². The van der Waals surface area contributed by atoms with E-state index in [2.05, 4.69) is 10.3 Å². The molecule has 1 aromatic heterocycles. The van der Waals surface area contributed by atoms with Gasteiger partial charge in [-0.15, -0.1) is 12.4 Å². The van der Waals surface area contributed by atoms with E-state index in [1.54, 1.807) is 6.26 Å². The van der Waals surface area contributed by atoms with Crippen LogP contribution in [0.1, 0.15) is 18.5 Å². The number of anilines is 1. The highest BCUT2D eigenvalue weighted by Crippen LogP contribution is 2.22. The molecule has 0 bridgehead atoms. The number of rotatable bonds is 5. The van der Waals surface area contributed by atoms with Gasteiger partial charge in [-0.1, -0.05) is 6.07 Å². The number of hydrogen-bond donors (Lipinski definition) is 2. The second-order valence-electron chi connectivity index (χ2n) is 4.32. The lowest BCUT2D eigenvalue weighted by Crippen LogP contribution is -2.13. The molecule has 108 valence electrons. The maximum atomic E-state index is 11.6. The predicted molar refractivity (Wildman–Crippen MR) is 80.8 cm³/mol. The van der Waals surface area contributed by atoms with E-state index in [-0.39, 0.29) is 18.3 Å². The Morgan fingerprint density at radius 2 is 2.25 bits per heavy atom. The number of nitrogens with zero attached hydrogens (tertiary/aromatic N) is 1. The zero-order valence-corrected chi connectivity index (χ0v) is 12.1. The van der Waals surface area contributed by atoms with Crippen LogP contribution in [0.3, 0.4) is 0 Å². The van der Waals surface area contributed by atoms with Gasteiger partial charge in [0.1, 0.15) is 6.26 Å². The Bertz CT molecular complexity index is 569. The highest BCUT2D eigenvalue weighted by molar-refractivity contribution is 5.91. The Kier molecular flexibility index (Phi) is 6.21. The Hall–Kier alpha value is -1.85. The molecule has 3 N–H and O–H groups in total. The quantitative estimate of drug-likeness (QED) is 0.888. The second kappa shape index (κ2) is 7.67. The number of amides is 1. The highest BCUT2D eigenvalue weighted by Gasteiger charge is 2.07. The Morgan fingerprint density at radius 3 is 2.90 bits per heavy atom. The number of nitrogens with one attached hydrogen (secondary N) is 1. The largest absolute Gasteiger partial charge is 0.444 e. The predicted octanol–water partition coefficient (Wildman–Crippen LogP) is 2.75. The molecule has 0 atom stereocenters. The summed E-state index contributed by atoms with van der Waals surface area (Å²) >= 11 is 0. The molecule has 0 fully saturated rings. The minimum Gasteiger partial charge on any atom is -0.444 e. The number of aromatic nitrogens is 1. The van der Waals surface area contributed by atoms with Gasteiger partial charge in [0.2, 0.25) is 11.8 Å². The average Bonchev–Trinajstić information content (AvgIpc) is 2.83. The molecular formula is C14H18ClN3O2. The zero-order valence-electron chi connectivity index (χ0n) is 11.3. The van der Waals surface area contributed by atoms with E-state index in [4.69, 9.17) is 10.2 Å². The van der Waals surface area contributed by atoms with Crippen LogP contribution >= 0.6 is 12.4 Å². The minimum absolute atomic E-state index is 0. The van der Waals surface area contributed by atoms with Crippen molar-refractivity contribution in [3.8, 4) is 11.5 Å². The van der Waals surface area contributed by atoms with Crippen LogP contribution in [0.15, 0.2) is 34.9 Å². The topological polar surface area (TPSA) is 81.2 Å². The monoisotopic (exact) mass is 295 g/mol. The molecule has 0 radical (unpaired) electrons.